The summed E-state index contributed by atoms with van der Waals surface area (Å²) >= 11 is 7.16. The summed E-state index contributed by atoms with van der Waals surface area (Å²) in [6.07, 6.45) is 0. The van der Waals surface area contributed by atoms with Crippen LogP contribution in [0.15, 0.2) is 48.5 Å². The van der Waals surface area contributed by atoms with Crippen LogP contribution in [-0.4, -0.2) is 23.2 Å². The first-order valence-corrected chi connectivity index (χ1v) is 7.90. The van der Waals surface area contributed by atoms with Crippen molar-refractivity contribution < 1.29 is 9.53 Å². The van der Waals surface area contributed by atoms with Gasteiger partial charge in [0.1, 0.15) is 10.8 Å². The van der Waals surface area contributed by atoms with E-state index < -0.39 is 0 Å². The lowest BCUT2D eigenvalue weighted by atomic mass is 10.2. The van der Waals surface area contributed by atoms with E-state index in [9.17, 15) is 4.79 Å². The average Bonchev–Trinajstić information content (AvgIpc) is 3.04. The minimum atomic E-state index is -0.261. The van der Waals surface area contributed by atoms with E-state index in [2.05, 4.69) is 15.5 Å². The van der Waals surface area contributed by atoms with Crippen molar-refractivity contribution in [2.24, 2.45) is 0 Å². The second-order valence-corrected chi connectivity index (χ2v) is 6.02. The van der Waals surface area contributed by atoms with Gasteiger partial charge in [-0.3, -0.25) is 10.1 Å². The van der Waals surface area contributed by atoms with E-state index >= 15 is 0 Å². The minimum Gasteiger partial charge on any atom is -0.497 e. The molecule has 3 rings (SSSR count). The normalized spacial score (nSPS) is 10.3. The molecule has 1 amide bonds. The number of anilines is 1. The number of ether oxygens (including phenoxy) is 1. The van der Waals surface area contributed by atoms with E-state index in [1.807, 2.05) is 12.1 Å². The number of hydrogen-bond acceptors (Lipinski definition) is 5. The molecule has 1 aromatic heterocycles. The van der Waals surface area contributed by atoms with Crippen molar-refractivity contribution in [3.63, 3.8) is 0 Å². The molecule has 0 aliphatic heterocycles. The Kier molecular flexibility index (Phi) is 4.55. The van der Waals surface area contributed by atoms with Crippen LogP contribution in [0.3, 0.4) is 0 Å². The van der Waals surface area contributed by atoms with Crippen molar-refractivity contribution in [2.75, 3.05) is 12.4 Å². The SMILES string of the molecule is COc1cccc(C(=O)Nc2nnc(-c3ccc(Cl)cc3)s2)c1. The molecule has 0 unspecified atom stereocenters. The Morgan fingerprint density at radius 3 is 2.70 bits per heavy atom. The van der Waals surface area contributed by atoms with Gasteiger partial charge in [0.25, 0.3) is 5.91 Å². The number of aromatic nitrogens is 2. The lowest BCUT2D eigenvalue weighted by molar-refractivity contribution is 0.102. The fraction of sp³-hybridized carbons (Fsp3) is 0.0625. The second kappa shape index (κ2) is 6.76. The van der Waals surface area contributed by atoms with E-state index in [4.69, 9.17) is 16.3 Å². The first-order valence-electron chi connectivity index (χ1n) is 6.70. The molecule has 0 saturated heterocycles. The zero-order valence-corrected chi connectivity index (χ0v) is 13.7. The van der Waals surface area contributed by atoms with Crippen LogP contribution in [-0.2, 0) is 0 Å². The monoisotopic (exact) mass is 345 g/mol. The van der Waals surface area contributed by atoms with Gasteiger partial charge in [-0.15, -0.1) is 10.2 Å². The number of nitrogens with one attached hydrogen (secondary N) is 1. The summed E-state index contributed by atoms with van der Waals surface area (Å²) in [6, 6.07) is 14.2. The Labute approximate surface area is 141 Å². The molecule has 5 nitrogen and oxygen atoms in total. The zero-order chi connectivity index (χ0) is 16.2. The Morgan fingerprint density at radius 1 is 1.17 bits per heavy atom. The first-order chi connectivity index (χ1) is 11.2. The molecule has 0 radical (unpaired) electrons. The molecule has 0 fully saturated rings. The maximum absolute atomic E-state index is 12.2. The van der Waals surface area contributed by atoms with E-state index in [1.54, 1.807) is 43.5 Å². The van der Waals surface area contributed by atoms with Gasteiger partial charge >= 0.3 is 0 Å². The third-order valence-corrected chi connectivity index (χ3v) is 4.21. The number of nitrogens with zero attached hydrogens (tertiary/aromatic N) is 2. The van der Waals surface area contributed by atoms with Gasteiger partial charge in [0.05, 0.1) is 7.11 Å². The van der Waals surface area contributed by atoms with E-state index in [0.29, 0.717) is 26.5 Å². The van der Waals surface area contributed by atoms with Crippen LogP contribution in [0.25, 0.3) is 10.6 Å². The average molecular weight is 346 g/mol. The molecule has 23 heavy (non-hydrogen) atoms. The van der Waals surface area contributed by atoms with Crippen molar-refractivity contribution in [3.8, 4) is 16.3 Å². The van der Waals surface area contributed by atoms with Crippen LogP contribution in [0, 0.1) is 0 Å². The third-order valence-electron chi connectivity index (χ3n) is 3.07. The van der Waals surface area contributed by atoms with Crippen LogP contribution in [0.4, 0.5) is 5.13 Å². The highest BCUT2D eigenvalue weighted by Crippen LogP contribution is 2.27. The van der Waals surface area contributed by atoms with Gasteiger partial charge in [0, 0.05) is 16.1 Å². The zero-order valence-electron chi connectivity index (χ0n) is 12.1. The topological polar surface area (TPSA) is 64.1 Å². The highest BCUT2D eigenvalue weighted by molar-refractivity contribution is 7.18. The molecule has 0 saturated carbocycles. The minimum absolute atomic E-state index is 0.261. The van der Waals surface area contributed by atoms with Crippen LogP contribution in [0.1, 0.15) is 10.4 Å². The molecule has 3 aromatic rings. The van der Waals surface area contributed by atoms with E-state index in [0.717, 1.165) is 5.56 Å². The lowest BCUT2D eigenvalue weighted by Gasteiger charge is -2.03. The number of methoxy groups -OCH3 is 1. The molecule has 2 aromatic carbocycles. The van der Waals surface area contributed by atoms with Crippen LogP contribution < -0.4 is 10.1 Å². The van der Waals surface area contributed by atoms with Gasteiger partial charge in [0.2, 0.25) is 5.13 Å². The number of amides is 1. The van der Waals surface area contributed by atoms with Gasteiger partial charge in [-0.1, -0.05) is 41.1 Å². The standard InChI is InChI=1S/C16H12ClN3O2S/c1-22-13-4-2-3-11(9-13)14(21)18-16-20-19-15(23-16)10-5-7-12(17)8-6-10/h2-9H,1H3,(H,18,20,21). The van der Waals surface area contributed by atoms with Crippen LogP contribution in [0.2, 0.25) is 5.02 Å². The Balaban J connectivity index is 1.75. The molecule has 7 heteroatoms. The fourth-order valence-electron chi connectivity index (χ4n) is 1.92. The molecular weight excluding hydrogens is 334 g/mol. The van der Waals surface area contributed by atoms with Gasteiger partial charge in [-0.25, -0.2) is 0 Å². The molecule has 0 bridgehead atoms. The molecule has 0 aliphatic carbocycles. The van der Waals surface area contributed by atoms with Crippen molar-refractivity contribution in [1.82, 2.24) is 10.2 Å². The summed E-state index contributed by atoms with van der Waals surface area (Å²) in [5.74, 6) is 0.361. The molecule has 1 heterocycles. The Bertz CT molecular complexity index is 833. The number of carbonyl (C=O) groups excluding carboxylic acids is 1. The van der Waals surface area contributed by atoms with Crippen LogP contribution >= 0.6 is 22.9 Å². The molecule has 1 N–H and O–H groups in total. The van der Waals surface area contributed by atoms with Gasteiger partial charge in [-0.2, -0.15) is 0 Å². The summed E-state index contributed by atoms with van der Waals surface area (Å²) in [7, 11) is 1.56. The van der Waals surface area contributed by atoms with E-state index in [-0.39, 0.29) is 5.91 Å². The number of carbonyl (C=O) groups is 1. The predicted molar refractivity (Wildman–Crippen MR) is 91.3 cm³/mol. The molecule has 0 spiro atoms. The highest BCUT2D eigenvalue weighted by atomic mass is 35.5. The first kappa shape index (κ1) is 15.5. The number of halogens is 1. The van der Waals surface area contributed by atoms with Gasteiger partial charge in [0.15, 0.2) is 0 Å². The molecule has 0 aliphatic rings. The molecule has 0 atom stereocenters. The predicted octanol–water partition coefficient (Wildman–Crippen LogP) is 4.12. The summed E-state index contributed by atoms with van der Waals surface area (Å²) in [5, 5.41) is 12.6. The summed E-state index contributed by atoms with van der Waals surface area (Å²) in [5.41, 5.74) is 1.39. The van der Waals surface area contributed by atoms with Crippen molar-refractivity contribution in [2.45, 2.75) is 0 Å². The number of rotatable bonds is 4. The quantitative estimate of drug-likeness (QED) is 0.772. The van der Waals surface area contributed by atoms with E-state index in [1.165, 1.54) is 11.3 Å². The Morgan fingerprint density at radius 2 is 1.96 bits per heavy atom. The van der Waals surface area contributed by atoms with Gasteiger partial charge in [-0.05, 0) is 30.3 Å². The maximum Gasteiger partial charge on any atom is 0.257 e. The van der Waals surface area contributed by atoms with Gasteiger partial charge < -0.3 is 4.74 Å². The van der Waals surface area contributed by atoms with Crippen LogP contribution in [0.5, 0.6) is 5.75 Å². The summed E-state index contributed by atoms with van der Waals surface area (Å²) < 4.78 is 5.11. The second-order valence-electron chi connectivity index (χ2n) is 4.61. The maximum atomic E-state index is 12.2. The smallest absolute Gasteiger partial charge is 0.257 e. The highest BCUT2D eigenvalue weighted by Gasteiger charge is 2.12. The lowest BCUT2D eigenvalue weighted by Crippen LogP contribution is -2.11. The van der Waals surface area contributed by atoms with Crippen molar-refractivity contribution >= 4 is 34.0 Å². The fourth-order valence-corrected chi connectivity index (χ4v) is 2.79. The number of benzene rings is 2. The number of hydrogen-bond donors (Lipinski definition) is 1. The van der Waals surface area contributed by atoms with Crippen molar-refractivity contribution in [1.29, 1.82) is 0 Å². The Hall–Kier alpha value is -2.44. The molecular formula is C16H12ClN3O2S. The van der Waals surface area contributed by atoms with Crippen molar-refractivity contribution in [3.05, 3.63) is 59.1 Å². The third kappa shape index (κ3) is 3.67. The summed E-state index contributed by atoms with van der Waals surface area (Å²) in [6.45, 7) is 0. The largest absolute Gasteiger partial charge is 0.497 e. The molecule has 116 valence electrons. The summed E-state index contributed by atoms with van der Waals surface area (Å²) in [4.78, 5) is 12.2.